The number of thioether (sulfide) groups is 1. The van der Waals surface area contributed by atoms with Crippen molar-refractivity contribution in [1.29, 1.82) is 0 Å². The van der Waals surface area contributed by atoms with Gasteiger partial charge in [-0.15, -0.1) is 5.10 Å². The van der Waals surface area contributed by atoms with Gasteiger partial charge in [0, 0.05) is 0 Å². The van der Waals surface area contributed by atoms with Crippen LogP contribution in [0.5, 0.6) is 0 Å². The summed E-state index contributed by atoms with van der Waals surface area (Å²) >= 11 is 1.02. The second-order valence-corrected chi connectivity index (χ2v) is 4.51. The largest absolute Gasteiger partial charge is 0.481 e. The maximum absolute atomic E-state index is 11.6. The van der Waals surface area contributed by atoms with Crippen LogP contribution in [-0.2, 0) is 11.3 Å². The highest BCUT2D eigenvalue weighted by Gasteiger charge is 2.10. The molecule has 0 aliphatic rings. The summed E-state index contributed by atoms with van der Waals surface area (Å²) in [5.74, 6) is -1.07. The number of aromatic amines is 1. The number of benzene rings is 1. The number of carboxylic acid groups (broad SMARTS) is 1. The molecule has 0 aliphatic heterocycles. The number of carboxylic acids is 1. The molecule has 0 saturated carbocycles. The zero-order chi connectivity index (χ0) is 13.0. The quantitative estimate of drug-likeness (QED) is 0.781. The Morgan fingerprint density at radius 1 is 1.39 bits per heavy atom. The number of H-pyrrole nitrogens is 1. The summed E-state index contributed by atoms with van der Waals surface area (Å²) in [7, 11) is 0. The van der Waals surface area contributed by atoms with E-state index in [0.717, 1.165) is 17.3 Å². The molecule has 0 amide bonds. The molecular weight excluding hydrogens is 254 g/mol. The Morgan fingerprint density at radius 3 is 2.78 bits per heavy atom. The lowest BCUT2D eigenvalue weighted by molar-refractivity contribution is -0.133. The summed E-state index contributed by atoms with van der Waals surface area (Å²) in [6, 6.07) is 9.44. The van der Waals surface area contributed by atoms with Gasteiger partial charge in [-0.3, -0.25) is 9.36 Å². The molecule has 6 nitrogen and oxygen atoms in total. The van der Waals surface area contributed by atoms with Crippen LogP contribution in [0.3, 0.4) is 0 Å². The van der Waals surface area contributed by atoms with Crippen LogP contribution < -0.4 is 5.69 Å². The van der Waals surface area contributed by atoms with E-state index in [0.29, 0.717) is 11.7 Å². The third-order valence-electron chi connectivity index (χ3n) is 2.23. The van der Waals surface area contributed by atoms with E-state index in [2.05, 4.69) is 10.2 Å². The number of nitrogens with one attached hydrogen (secondary N) is 1. The first-order valence-corrected chi connectivity index (χ1v) is 6.19. The summed E-state index contributed by atoms with van der Waals surface area (Å²) in [6.07, 6.45) is 0. The predicted molar refractivity (Wildman–Crippen MR) is 66.8 cm³/mol. The molecule has 0 unspecified atom stereocenters. The van der Waals surface area contributed by atoms with E-state index in [-0.39, 0.29) is 11.4 Å². The number of aromatic nitrogens is 3. The molecule has 1 aromatic heterocycles. The summed E-state index contributed by atoms with van der Waals surface area (Å²) in [5, 5.41) is 15.1. The van der Waals surface area contributed by atoms with E-state index < -0.39 is 5.97 Å². The zero-order valence-electron chi connectivity index (χ0n) is 9.37. The number of aliphatic carboxylic acids is 1. The molecule has 0 saturated heterocycles. The Morgan fingerprint density at radius 2 is 2.11 bits per heavy atom. The molecule has 2 rings (SSSR count). The molecule has 0 spiro atoms. The molecule has 0 aliphatic carbocycles. The van der Waals surface area contributed by atoms with Gasteiger partial charge < -0.3 is 5.11 Å². The molecule has 7 heteroatoms. The maximum atomic E-state index is 11.6. The highest BCUT2D eigenvalue weighted by molar-refractivity contribution is 7.99. The van der Waals surface area contributed by atoms with Crippen molar-refractivity contribution in [3.8, 4) is 0 Å². The zero-order valence-corrected chi connectivity index (χ0v) is 10.2. The van der Waals surface area contributed by atoms with Crippen LogP contribution in [-0.4, -0.2) is 31.6 Å². The van der Waals surface area contributed by atoms with Crippen LogP contribution in [0, 0.1) is 0 Å². The van der Waals surface area contributed by atoms with E-state index in [1.807, 2.05) is 30.3 Å². The second kappa shape index (κ2) is 5.54. The minimum Gasteiger partial charge on any atom is -0.481 e. The van der Waals surface area contributed by atoms with Gasteiger partial charge in [-0.2, -0.15) is 0 Å². The van der Waals surface area contributed by atoms with Crippen LogP contribution in [0.4, 0.5) is 0 Å². The molecule has 94 valence electrons. The summed E-state index contributed by atoms with van der Waals surface area (Å²) < 4.78 is 1.42. The summed E-state index contributed by atoms with van der Waals surface area (Å²) in [5.41, 5.74) is 0.616. The molecule has 1 aromatic carbocycles. The first kappa shape index (κ1) is 12.4. The van der Waals surface area contributed by atoms with Gasteiger partial charge >= 0.3 is 11.7 Å². The van der Waals surface area contributed by atoms with Crippen LogP contribution in [0.1, 0.15) is 5.56 Å². The Kier molecular flexibility index (Phi) is 3.83. The number of nitrogens with zero attached hydrogens (tertiary/aromatic N) is 2. The first-order valence-electron chi connectivity index (χ1n) is 5.20. The van der Waals surface area contributed by atoms with Crippen molar-refractivity contribution in [3.63, 3.8) is 0 Å². The van der Waals surface area contributed by atoms with Gasteiger partial charge in [0.1, 0.15) is 0 Å². The van der Waals surface area contributed by atoms with Gasteiger partial charge in [-0.25, -0.2) is 9.89 Å². The van der Waals surface area contributed by atoms with Crippen molar-refractivity contribution in [2.75, 3.05) is 5.75 Å². The molecule has 2 aromatic rings. The van der Waals surface area contributed by atoms with E-state index in [4.69, 9.17) is 5.11 Å². The topological polar surface area (TPSA) is 88.0 Å². The number of carbonyl (C=O) groups is 1. The fourth-order valence-electron chi connectivity index (χ4n) is 1.45. The van der Waals surface area contributed by atoms with Gasteiger partial charge in [0.05, 0.1) is 12.3 Å². The molecule has 0 fully saturated rings. The van der Waals surface area contributed by atoms with Crippen LogP contribution in [0.15, 0.2) is 40.3 Å². The molecule has 0 radical (unpaired) electrons. The molecule has 0 atom stereocenters. The smallest absolute Gasteiger partial charge is 0.344 e. The van der Waals surface area contributed by atoms with Crippen LogP contribution in [0.2, 0.25) is 0 Å². The fourth-order valence-corrected chi connectivity index (χ4v) is 2.11. The maximum Gasteiger partial charge on any atom is 0.344 e. The lowest BCUT2D eigenvalue weighted by Crippen LogP contribution is -2.18. The number of hydrogen-bond donors (Lipinski definition) is 2. The number of rotatable bonds is 5. The Bertz CT molecular complexity index is 591. The van der Waals surface area contributed by atoms with Crippen LogP contribution in [0.25, 0.3) is 0 Å². The SMILES string of the molecule is O=C(O)CSc1n[nH]c(=O)n1Cc1ccccc1. The van der Waals surface area contributed by atoms with Crippen molar-refractivity contribution in [2.45, 2.75) is 11.7 Å². The number of hydrogen-bond acceptors (Lipinski definition) is 4. The van der Waals surface area contributed by atoms with Gasteiger partial charge in [0.25, 0.3) is 0 Å². The Balaban J connectivity index is 2.19. The molecule has 1 heterocycles. The predicted octanol–water partition coefficient (Wildman–Crippen LogP) is 0.796. The van der Waals surface area contributed by atoms with Crippen molar-refractivity contribution >= 4 is 17.7 Å². The summed E-state index contributed by atoms with van der Waals surface area (Å²) in [6.45, 7) is 0.373. The average molecular weight is 265 g/mol. The molecular formula is C11H11N3O3S. The highest BCUT2D eigenvalue weighted by atomic mass is 32.2. The van der Waals surface area contributed by atoms with E-state index in [1.54, 1.807) is 0 Å². The van der Waals surface area contributed by atoms with Crippen molar-refractivity contribution in [2.24, 2.45) is 0 Å². The van der Waals surface area contributed by atoms with Crippen molar-refractivity contribution in [3.05, 3.63) is 46.4 Å². The Hall–Kier alpha value is -2.02. The van der Waals surface area contributed by atoms with E-state index in [1.165, 1.54) is 4.57 Å². The lowest BCUT2D eigenvalue weighted by Gasteiger charge is -2.04. The van der Waals surface area contributed by atoms with Crippen molar-refractivity contribution in [1.82, 2.24) is 14.8 Å². The third kappa shape index (κ3) is 3.01. The lowest BCUT2D eigenvalue weighted by atomic mass is 10.2. The third-order valence-corrected chi connectivity index (χ3v) is 3.19. The van der Waals surface area contributed by atoms with Gasteiger partial charge in [-0.1, -0.05) is 42.1 Å². The monoisotopic (exact) mass is 265 g/mol. The minimum atomic E-state index is -0.943. The molecule has 18 heavy (non-hydrogen) atoms. The van der Waals surface area contributed by atoms with Gasteiger partial charge in [0.2, 0.25) is 0 Å². The first-order chi connectivity index (χ1) is 8.66. The summed E-state index contributed by atoms with van der Waals surface area (Å²) in [4.78, 5) is 22.1. The highest BCUT2D eigenvalue weighted by Crippen LogP contribution is 2.14. The molecule has 0 bridgehead atoms. The van der Waals surface area contributed by atoms with Crippen molar-refractivity contribution < 1.29 is 9.90 Å². The Labute approximate surface area is 107 Å². The van der Waals surface area contributed by atoms with Crippen LogP contribution >= 0.6 is 11.8 Å². The fraction of sp³-hybridized carbons (Fsp3) is 0.182. The standard InChI is InChI=1S/C11H11N3O3S/c15-9(16)7-18-11-13-12-10(17)14(11)6-8-4-2-1-3-5-8/h1-5H,6-7H2,(H,12,17)(H,15,16). The minimum absolute atomic E-state index is 0.126. The van der Waals surface area contributed by atoms with Gasteiger partial charge in [0.15, 0.2) is 5.16 Å². The second-order valence-electron chi connectivity index (χ2n) is 3.57. The molecule has 2 N–H and O–H groups in total. The normalized spacial score (nSPS) is 10.4. The average Bonchev–Trinajstić information content (AvgIpc) is 2.70. The van der Waals surface area contributed by atoms with E-state index >= 15 is 0 Å². The van der Waals surface area contributed by atoms with Gasteiger partial charge in [-0.05, 0) is 5.56 Å². The van der Waals surface area contributed by atoms with E-state index in [9.17, 15) is 9.59 Å².